The SMILES string of the molecule is Cn1nc2c(=O)n(CC3(O)CCN(Cc4ccc(-c5ccco5)cc4Cl)CC3)cnc2c1-c1ccc(COC(=O)NC2COC2)cc1. The van der Waals surface area contributed by atoms with Crippen molar-refractivity contribution in [2.45, 2.75) is 44.2 Å². The third kappa shape index (κ3) is 6.68. The van der Waals surface area contributed by atoms with Crippen molar-refractivity contribution in [2.24, 2.45) is 7.05 Å². The Balaban J connectivity index is 0.985. The number of nitrogens with zero attached hydrogens (tertiary/aromatic N) is 5. The van der Waals surface area contributed by atoms with Crippen molar-refractivity contribution >= 4 is 28.7 Å². The molecular weight excluding hydrogens is 624 g/mol. The molecule has 2 aliphatic heterocycles. The number of aromatic nitrogens is 4. The molecule has 2 aliphatic rings. The van der Waals surface area contributed by atoms with Crippen molar-refractivity contribution in [1.82, 2.24) is 29.5 Å². The van der Waals surface area contributed by atoms with E-state index >= 15 is 0 Å². The standard InChI is InChI=1S/C34H35ClN6O6/c1-39-31(23-6-4-22(5-7-23)17-47-33(43)37-26-18-45-19-26)29-30(38-39)32(42)41(21-36-29)20-34(44)10-12-40(13-11-34)16-25-9-8-24(15-27(25)35)28-3-2-14-46-28/h2-9,14-15,21,26,44H,10-13,16-20H2,1H3,(H,37,43). The molecule has 0 spiro atoms. The molecule has 13 heteroatoms. The fourth-order valence-electron chi connectivity index (χ4n) is 6.08. The fourth-order valence-corrected chi connectivity index (χ4v) is 6.32. The maximum atomic E-state index is 13.5. The minimum Gasteiger partial charge on any atom is -0.464 e. The Labute approximate surface area is 275 Å². The average Bonchev–Trinajstić information content (AvgIpc) is 3.70. The van der Waals surface area contributed by atoms with Crippen LogP contribution in [-0.4, -0.2) is 73.4 Å². The van der Waals surface area contributed by atoms with Crippen molar-refractivity contribution in [3.8, 4) is 22.6 Å². The highest BCUT2D eigenvalue weighted by atomic mass is 35.5. The van der Waals surface area contributed by atoms with Gasteiger partial charge in [-0.3, -0.25) is 18.9 Å². The number of carbonyl (C=O) groups is 1. The zero-order valence-electron chi connectivity index (χ0n) is 25.9. The van der Waals surface area contributed by atoms with E-state index in [1.165, 1.54) is 10.9 Å². The van der Waals surface area contributed by atoms with Crippen molar-refractivity contribution < 1.29 is 23.8 Å². The molecule has 5 heterocycles. The Hall–Kier alpha value is -4.49. The van der Waals surface area contributed by atoms with E-state index in [1.807, 2.05) is 54.6 Å². The van der Waals surface area contributed by atoms with Crippen LogP contribution in [0, 0.1) is 0 Å². The minimum atomic E-state index is -1.05. The van der Waals surface area contributed by atoms with E-state index in [-0.39, 0.29) is 30.3 Å². The molecule has 2 fully saturated rings. The van der Waals surface area contributed by atoms with Gasteiger partial charge in [0.1, 0.15) is 17.9 Å². The van der Waals surface area contributed by atoms with E-state index < -0.39 is 11.7 Å². The third-order valence-electron chi connectivity index (χ3n) is 8.87. The van der Waals surface area contributed by atoms with Gasteiger partial charge in [0.2, 0.25) is 0 Å². The van der Waals surface area contributed by atoms with Crippen LogP contribution in [0.1, 0.15) is 24.0 Å². The second kappa shape index (κ2) is 13.0. The van der Waals surface area contributed by atoms with Crippen LogP contribution >= 0.6 is 11.6 Å². The van der Waals surface area contributed by atoms with Gasteiger partial charge in [0, 0.05) is 42.8 Å². The first-order chi connectivity index (χ1) is 22.7. The molecule has 0 saturated carbocycles. The number of alkyl carbamates (subject to hydrolysis) is 1. The van der Waals surface area contributed by atoms with Gasteiger partial charge in [-0.1, -0.05) is 48.0 Å². The van der Waals surface area contributed by atoms with Crippen LogP contribution in [0.15, 0.2) is 76.4 Å². The normalized spacial score (nSPS) is 16.7. The van der Waals surface area contributed by atoms with Crippen LogP contribution in [0.3, 0.4) is 0 Å². The summed E-state index contributed by atoms with van der Waals surface area (Å²) in [6, 6.07) is 17.2. The number of benzene rings is 2. The number of hydrogen-bond acceptors (Lipinski definition) is 9. The highest BCUT2D eigenvalue weighted by Crippen LogP contribution is 2.30. The molecule has 2 saturated heterocycles. The molecule has 3 aromatic heterocycles. The van der Waals surface area contributed by atoms with E-state index in [1.54, 1.807) is 18.0 Å². The predicted molar refractivity (Wildman–Crippen MR) is 175 cm³/mol. The van der Waals surface area contributed by atoms with Crippen LogP contribution in [0.2, 0.25) is 5.02 Å². The third-order valence-corrected chi connectivity index (χ3v) is 9.23. The van der Waals surface area contributed by atoms with Gasteiger partial charge in [-0.2, -0.15) is 5.10 Å². The smallest absolute Gasteiger partial charge is 0.407 e. The maximum absolute atomic E-state index is 13.5. The van der Waals surface area contributed by atoms with Gasteiger partial charge in [0.15, 0.2) is 5.52 Å². The van der Waals surface area contributed by atoms with Gasteiger partial charge in [-0.15, -0.1) is 0 Å². The van der Waals surface area contributed by atoms with Crippen LogP contribution < -0.4 is 10.9 Å². The van der Waals surface area contributed by atoms with E-state index in [2.05, 4.69) is 20.3 Å². The molecule has 244 valence electrons. The van der Waals surface area contributed by atoms with Crippen LogP contribution in [0.25, 0.3) is 33.6 Å². The molecule has 2 aromatic carbocycles. The van der Waals surface area contributed by atoms with Gasteiger partial charge in [0.25, 0.3) is 5.56 Å². The summed E-state index contributed by atoms with van der Waals surface area (Å²) in [7, 11) is 1.77. The van der Waals surface area contributed by atoms with Crippen LogP contribution in [-0.2, 0) is 36.2 Å². The molecule has 0 unspecified atom stereocenters. The summed E-state index contributed by atoms with van der Waals surface area (Å²) in [5.74, 6) is 0.769. The van der Waals surface area contributed by atoms with Crippen LogP contribution in [0.5, 0.6) is 0 Å². The molecule has 1 amide bonds. The summed E-state index contributed by atoms with van der Waals surface area (Å²) in [5, 5.41) is 19.4. The number of aryl methyl sites for hydroxylation is 1. The number of ether oxygens (including phenoxy) is 2. The average molecular weight is 659 g/mol. The minimum absolute atomic E-state index is 0.00423. The first-order valence-corrected chi connectivity index (χ1v) is 15.9. The van der Waals surface area contributed by atoms with Gasteiger partial charge >= 0.3 is 6.09 Å². The highest BCUT2D eigenvalue weighted by Gasteiger charge is 2.34. The quantitative estimate of drug-likeness (QED) is 0.237. The number of carbonyl (C=O) groups excluding carboxylic acids is 1. The molecule has 0 atom stereocenters. The summed E-state index contributed by atoms with van der Waals surface area (Å²) in [6.07, 6.45) is 3.65. The van der Waals surface area contributed by atoms with Gasteiger partial charge in [0.05, 0.1) is 49.7 Å². The Bertz CT molecular complexity index is 1940. The second-order valence-corrected chi connectivity index (χ2v) is 12.7. The number of aliphatic hydroxyl groups is 1. The number of halogens is 1. The van der Waals surface area contributed by atoms with Crippen molar-refractivity contribution in [3.63, 3.8) is 0 Å². The second-order valence-electron chi connectivity index (χ2n) is 12.3. The summed E-state index contributed by atoms with van der Waals surface area (Å²) in [4.78, 5) is 32.4. The van der Waals surface area contributed by atoms with Gasteiger partial charge in [-0.25, -0.2) is 9.78 Å². The molecular formula is C34H35ClN6O6. The number of rotatable bonds is 9. The first kappa shape index (κ1) is 31.1. The van der Waals surface area contributed by atoms with Gasteiger partial charge < -0.3 is 24.3 Å². The van der Waals surface area contributed by atoms with Crippen molar-refractivity contribution in [1.29, 1.82) is 0 Å². The number of nitrogens with one attached hydrogen (secondary N) is 1. The number of hydrogen-bond donors (Lipinski definition) is 2. The van der Waals surface area contributed by atoms with E-state index in [4.69, 9.17) is 25.5 Å². The van der Waals surface area contributed by atoms with Crippen molar-refractivity contribution in [2.75, 3.05) is 26.3 Å². The zero-order valence-corrected chi connectivity index (χ0v) is 26.7. The van der Waals surface area contributed by atoms with Crippen molar-refractivity contribution in [3.05, 3.63) is 93.7 Å². The number of piperidine rings is 1. The molecule has 47 heavy (non-hydrogen) atoms. The highest BCUT2D eigenvalue weighted by molar-refractivity contribution is 6.31. The summed E-state index contributed by atoms with van der Waals surface area (Å²) < 4.78 is 18.9. The first-order valence-electron chi connectivity index (χ1n) is 15.5. The predicted octanol–water partition coefficient (Wildman–Crippen LogP) is 4.36. The number of likely N-dealkylation sites (tertiary alicyclic amines) is 1. The Morgan fingerprint density at radius 1 is 1.11 bits per heavy atom. The summed E-state index contributed by atoms with van der Waals surface area (Å²) >= 11 is 6.60. The molecule has 2 N–H and O–H groups in total. The summed E-state index contributed by atoms with van der Waals surface area (Å²) in [6.45, 7) is 3.24. The fraction of sp³-hybridized carbons (Fsp3) is 0.353. The largest absolute Gasteiger partial charge is 0.464 e. The number of amides is 1. The molecule has 0 bridgehead atoms. The molecule has 0 radical (unpaired) electrons. The topological polar surface area (TPSA) is 137 Å². The maximum Gasteiger partial charge on any atom is 0.407 e. The molecule has 0 aliphatic carbocycles. The van der Waals surface area contributed by atoms with E-state index in [9.17, 15) is 14.7 Å². The Morgan fingerprint density at radius 2 is 1.87 bits per heavy atom. The zero-order chi connectivity index (χ0) is 32.5. The van der Waals surface area contributed by atoms with E-state index in [0.717, 1.165) is 28.0 Å². The lowest BCUT2D eigenvalue weighted by Crippen LogP contribution is -2.48. The molecule has 12 nitrogen and oxygen atoms in total. The lowest BCUT2D eigenvalue weighted by Gasteiger charge is -2.38. The van der Waals surface area contributed by atoms with Crippen LogP contribution in [0.4, 0.5) is 4.79 Å². The lowest BCUT2D eigenvalue weighted by molar-refractivity contribution is -0.0364. The Kier molecular flexibility index (Phi) is 8.58. The van der Waals surface area contributed by atoms with E-state index in [0.29, 0.717) is 61.9 Å². The monoisotopic (exact) mass is 658 g/mol. The number of fused-ring (bicyclic) bond motifs is 1. The number of furan rings is 1. The van der Waals surface area contributed by atoms with Gasteiger partial charge in [-0.05, 0) is 42.2 Å². The molecule has 7 rings (SSSR count). The summed E-state index contributed by atoms with van der Waals surface area (Å²) in [5.41, 5.74) is 3.64. The lowest BCUT2D eigenvalue weighted by atomic mass is 9.91. The Morgan fingerprint density at radius 3 is 2.55 bits per heavy atom. The molecule has 5 aromatic rings.